The molecule has 1 atom stereocenters. The summed E-state index contributed by atoms with van der Waals surface area (Å²) in [5, 5.41) is 0.963. The van der Waals surface area contributed by atoms with Gasteiger partial charge < -0.3 is 16.5 Å². The van der Waals surface area contributed by atoms with Crippen molar-refractivity contribution in [3.8, 4) is 0 Å². The van der Waals surface area contributed by atoms with E-state index in [-0.39, 0.29) is 17.4 Å². The van der Waals surface area contributed by atoms with Crippen molar-refractivity contribution in [3.05, 3.63) is 45.2 Å². The maximum atomic E-state index is 11.3. The molecule has 0 saturated heterocycles. The summed E-state index contributed by atoms with van der Waals surface area (Å²) >= 11 is 7.42. The van der Waals surface area contributed by atoms with Crippen molar-refractivity contribution < 1.29 is 0 Å². The number of nitrogens with one attached hydrogen (secondary N) is 1. The fourth-order valence-corrected chi connectivity index (χ4v) is 2.60. The average Bonchev–Trinajstić information content (AvgIpc) is 2.30. The van der Waals surface area contributed by atoms with Crippen molar-refractivity contribution in [2.45, 2.75) is 23.0 Å². The van der Waals surface area contributed by atoms with Gasteiger partial charge in [-0.2, -0.15) is 0 Å². The van der Waals surface area contributed by atoms with E-state index < -0.39 is 0 Å². The molecule has 0 aliphatic carbocycles. The summed E-state index contributed by atoms with van der Waals surface area (Å²) in [6.07, 6.45) is 0. The van der Waals surface area contributed by atoms with E-state index in [1.165, 1.54) is 17.8 Å². The Morgan fingerprint density at radius 1 is 1.42 bits per heavy atom. The molecule has 0 amide bonds. The molecular formula is C12H13ClN4OS. The number of aromatic nitrogens is 2. The van der Waals surface area contributed by atoms with Gasteiger partial charge in [-0.05, 0) is 24.6 Å². The first-order chi connectivity index (χ1) is 8.95. The third-order valence-corrected chi connectivity index (χ3v) is 3.82. The predicted molar refractivity (Wildman–Crippen MR) is 77.4 cm³/mol. The van der Waals surface area contributed by atoms with Crippen LogP contribution in [0.3, 0.4) is 0 Å². The van der Waals surface area contributed by atoms with Crippen LogP contribution in [0.5, 0.6) is 0 Å². The second kappa shape index (κ2) is 5.64. The van der Waals surface area contributed by atoms with Gasteiger partial charge in [0.25, 0.3) is 5.56 Å². The molecule has 1 heterocycles. The lowest BCUT2D eigenvalue weighted by Gasteiger charge is -2.09. The normalized spacial score (nSPS) is 12.4. The van der Waals surface area contributed by atoms with E-state index in [2.05, 4.69) is 9.97 Å². The standard InChI is InChI=1S/C12H13ClN4OS/c1-6(14)7-2-3-9(8(13)4-7)19-12-16-10(15)5-11(18)17-12/h2-6H,14H2,1H3,(H3,15,16,17,18). The Morgan fingerprint density at radius 3 is 2.74 bits per heavy atom. The van der Waals surface area contributed by atoms with E-state index >= 15 is 0 Å². The number of aromatic amines is 1. The van der Waals surface area contributed by atoms with E-state index in [1.807, 2.05) is 19.1 Å². The highest BCUT2D eigenvalue weighted by Crippen LogP contribution is 2.32. The molecule has 1 aromatic heterocycles. The summed E-state index contributed by atoms with van der Waals surface area (Å²) < 4.78 is 0. The van der Waals surface area contributed by atoms with Gasteiger partial charge in [-0.1, -0.05) is 29.4 Å². The molecule has 0 bridgehead atoms. The van der Waals surface area contributed by atoms with E-state index in [9.17, 15) is 4.79 Å². The minimum Gasteiger partial charge on any atom is -0.383 e. The number of rotatable bonds is 3. The third kappa shape index (κ3) is 3.50. The topological polar surface area (TPSA) is 97.8 Å². The van der Waals surface area contributed by atoms with Crippen molar-refractivity contribution in [1.82, 2.24) is 9.97 Å². The molecule has 5 nitrogen and oxygen atoms in total. The molecule has 0 spiro atoms. The average molecular weight is 297 g/mol. The lowest BCUT2D eigenvalue weighted by molar-refractivity contribution is 0.817. The van der Waals surface area contributed by atoms with Crippen LogP contribution >= 0.6 is 23.4 Å². The van der Waals surface area contributed by atoms with Crippen LogP contribution < -0.4 is 17.0 Å². The number of anilines is 1. The molecule has 5 N–H and O–H groups in total. The number of halogens is 1. The molecule has 2 rings (SSSR count). The Hall–Kier alpha value is -1.50. The molecular weight excluding hydrogens is 284 g/mol. The molecule has 2 aromatic rings. The largest absolute Gasteiger partial charge is 0.383 e. The summed E-state index contributed by atoms with van der Waals surface area (Å²) in [6.45, 7) is 1.88. The Labute approximate surface area is 119 Å². The number of nitrogen functional groups attached to an aromatic ring is 1. The van der Waals surface area contributed by atoms with Crippen molar-refractivity contribution in [1.29, 1.82) is 0 Å². The first-order valence-corrected chi connectivity index (χ1v) is 6.75. The Kier molecular flexibility index (Phi) is 4.14. The van der Waals surface area contributed by atoms with Gasteiger partial charge in [-0.3, -0.25) is 4.79 Å². The zero-order chi connectivity index (χ0) is 14.0. The van der Waals surface area contributed by atoms with Crippen molar-refractivity contribution >= 4 is 29.2 Å². The van der Waals surface area contributed by atoms with Crippen molar-refractivity contribution in [2.24, 2.45) is 5.73 Å². The summed E-state index contributed by atoms with van der Waals surface area (Å²) in [4.78, 5) is 18.7. The molecule has 1 unspecified atom stereocenters. The summed E-state index contributed by atoms with van der Waals surface area (Å²) in [7, 11) is 0. The number of nitrogens with zero attached hydrogens (tertiary/aromatic N) is 1. The lowest BCUT2D eigenvalue weighted by Crippen LogP contribution is -2.09. The Bertz CT molecular complexity index is 656. The molecule has 0 aliphatic heterocycles. The second-order valence-electron chi connectivity index (χ2n) is 4.06. The summed E-state index contributed by atoms with van der Waals surface area (Å²) in [6, 6.07) is 6.68. The minimum absolute atomic E-state index is 0.0816. The Balaban J connectivity index is 2.30. The minimum atomic E-state index is -0.293. The van der Waals surface area contributed by atoms with Crippen LogP contribution in [0.15, 0.2) is 39.1 Å². The van der Waals surface area contributed by atoms with Gasteiger partial charge in [0.15, 0.2) is 5.16 Å². The molecule has 19 heavy (non-hydrogen) atoms. The van der Waals surface area contributed by atoms with Crippen molar-refractivity contribution in [3.63, 3.8) is 0 Å². The van der Waals surface area contributed by atoms with Crippen LogP contribution in [-0.2, 0) is 0 Å². The van der Waals surface area contributed by atoms with Gasteiger partial charge in [0.1, 0.15) is 5.82 Å². The number of hydrogen-bond acceptors (Lipinski definition) is 5. The third-order valence-electron chi connectivity index (χ3n) is 2.43. The monoisotopic (exact) mass is 296 g/mol. The number of benzene rings is 1. The highest BCUT2D eigenvalue weighted by molar-refractivity contribution is 7.99. The van der Waals surface area contributed by atoms with Gasteiger partial charge in [-0.15, -0.1) is 0 Å². The molecule has 7 heteroatoms. The smallest absolute Gasteiger partial charge is 0.253 e. The van der Waals surface area contributed by atoms with Crippen LogP contribution in [0.4, 0.5) is 5.82 Å². The van der Waals surface area contributed by atoms with Crippen LogP contribution in [0.1, 0.15) is 18.5 Å². The highest BCUT2D eigenvalue weighted by Gasteiger charge is 2.08. The molecule has 0 radical (unpaired) electrons. The fourth-order valence-electron chi connectivity index (χ4n) is 1.49. The van der Waals surface area contributed by atoms with Gasteiger partial charge in [0.2, 0.25) is 0 Å². The molecule has 0 fully saturated rings. The Morgan fingerprint density at radius 2 is 2.16 bits per heavy atom. The zero-order valence-electron chi connectivity index (χ0n) is 10.2. The van der Waals surface area contributed by atoms with Gasteiger partial charge in [0.05, 0.1) is 5.02 Å². The SMILES string of the molecule is CC(N)c1ccc(Sc2nc(N)cc(=O)[nH]2)c(Cl)c1. The van der Waals surface area contributed by atoms with Gasteiger partial charge in [0, 0.05) is 17.0 Å². The second-order valence-corrected chi connectivity index (χ2v) is 5.49. The van der Waals surface area contributed by atoms with E-state index in [0.29, 0.717) is 10.2 Å². The van der Waals surface area contributed by atoms with E-state index in [1.54, 1.807) is 6.07 Å². The van der Waals surface area contributed by atoms with Crippen LogP contribution in [0.25, 0.3) is 0 Å². The number of nitrogens with two attached hydrogens (primary N) is 2. The zero-order valence-corrected chi connectivity index (χ0v) is 11.8. The molecule has 0 saturated carbocycles. The van der Waals surface area contributed by atoms with Crippen LogP contribution in [-0.4, -0.2) is 9.97 Å². The van der Waals surface area contributed by atoms with E-state index in [4.69, 9.17) is 23.1 Å². The highest BCUT2D eigenvalue weighted by atomic mass is 35.5. The fraction of sp³-hybridized carbons (Fsp3) is 0.167. The van der Waals surface area contributed by atoms with Crippen molar-refractivity contribution in [2.75, 3.05) is 5.73 Å². The van der Waals surface area contributed by atoms with E-state index in [0.717, 1.165) is 10.5 Å². The molecule has 0 aliphatic rings. The number of H-pyrrole nitrogens is 1. The number of hydrogen-bond donors (Lipinski definition) is 3. The maximum Gasteiger partial charge on any atom is 0.253 e. The molecule has 1 aromatic carbocycles. The lowest BCUT2D eigenvalue weighted by atomic mass is 10.1. The summed E-state index contributed by atoms with van der Waals surface area (Å²) in [5.74, 6) is 0.176. The van der Waals surface area contributed by atoms with Gasteiger partial charge >= 0.3 is 0 Å². The maximum absolute atomic E-state index is 11.3. The van der Waals surface area contributed by atoms with Crippen LogP contribution in [0, 0.1) is 0 Å². The predicted octanol–water partition coefficient (Wildman–Crippen LogP) is 2.18. The van der Waals surface area contributed by atoms with Crippen LogP contribution in [0.2, 0.25) is 5.02 Å². The first kappa shape index (κ1) is 13.9. The first-order valence-electron chi connectivity index (χ1n) is 5.55. The quantitative estimate of drug-likeness (QED) is 0.754. The summed E-state index contributed by atoms with van der Waals surface area (Å²) in [5.41, 5.74) is 12.0. The van der Waals surface area contributed by atoms with Gasteiger partial charge in [-0.25, -0.2) is 4.98 Å². The molecule has 100 valence electrons.